The Bertz CT molecular complexity index is 625. The number of hydrogen-bond acceptors (Lipinski definition) is 4. The molecule has 0 aromatic heterocycles. The van der Waals surface area contributed by atoms with E-state index >= 15 is 0 Å². The molecule has 0 bridgehead atoms. The van der Waals surface area contributed by atoms with Crippen LogP contribution in [0.3, 0.4) is 0 Å². The van der Waals surface area contributed by atoms with Crippen molar-refractivity contribution in [2.75, 3.05) is 17.6 Å². The van der Waals surface area contributed by atoms with Crippen LogP contribution in [0.1, 0.15) is 19.4 Å². The highest BCUT2D eigenvalue weighted by Crippen LogP contribution is 2.19. The summed E-state index contributed by atoms with van der Waals surface area (Å²) in [6, 6.07) is 4.51. The largest absolute Gasteiger partial charge is 0.399 e. The summed E-state index contributed by atoms with van der Waals surface area (Å²) in [6.45, 7) is 4.67. The first-order chi connectivity index (χ1) is 9.70. The molecule has 112 valence electrons. The fourth-order valence-electron chi connectivity index (χ4n) is 2.12. The van der Waals surface area contributed by atoms with E-state index < -0.39 is 23.4 Å². The van der Waals surface area contributed by atoms with Crippen LogP contribution in [-0.4, -0.2) is 34.8 Å². The molecule has 7 heteroatoms. The van der Waals surface area contributed by atoms with Gasteiger partial charge in [0, 0.05) is 11.4 Å². The van der Waals surface area contributed by atoms with Crippen LogP contribution in [0.4, 0.5) is 16.2 Å². The lowest BCUT2D eigenvalue weighted by molar-refractivity contribution is -0.132. The second-order valence-electron chi connectivity index (χ2n) is 5.57. The van der Waals surface area contributed by atoms with Gasteiger partial charge in [-0.15, -0.1) is 0 Å². The molecule has 0 atom stereocenters. The lowest BCUT2D eigenvalue weighted by atomic mass is 10.1. The number of nitrogens with one attached hydrogen (secondary N) is 2. The van der Waals surface area contributed by atoms with E-state index in [1.165, 1.54) is 0 Å². The summed E-state index contributed by atoms with van der Waals surface area (Å²) in [5.41, 5.74) is 6.66. The highest BCUT2D eigenvalue weighted by molar-refractivity contribution is 6.09. The van der Waals surface area contributed by atoms with E-state index in [9.17, 15) is 14.4 Å². The number of carbonyl (C=O) groups is 3. The first-order valence-corrected chi connectivity index (χ1v) is 6.51. The van der Waals surface area contributed by atoms with Crippen LogP contribution in [0.2, 0.25) is 0 Å². The number of hydrogen-bond donors (Lipinski definition) is 3. The lowest BCUT2D eigenvalue weighted by Gasteiger charge is -2.16. The molecule has 7 nitrogen and oxygen atoms in total. The number of amides is 4. The van der Waals surface area contributed by atoms with Crippen molar-refractivity contribution in [3.63, 3.8) is 0 Å². The predicted octanol–water partition coefficient (Wildman–Crippen LogP) is 0.846. The molecule has 0 saturated carbocycles. The number of nitrogens with two attached hydrogens (primary N) is 1. The van der Waals surface area contributed by atoms with Gasteiger partial charge in [-0.1, -0.05) is 0 Å². The molecule has 0 unspecified atom stereocenters. The molecule has 1 aliphatic rings. The maximum atomic E-state index is 12.0. The van der Waals surface area contributed by atoms with Crippen LogP contribution in [-0.2, 0) is 9.59 Å². The van der Waals surface area contributed by atoms with Crippen LogP contribution in [0, 0.1) is 6.92 Å². The van der Waals surface area contributed by atoms with Crippen molar-refractivity contribution in [3.8, 4) is 0 Å². The normalized spacial score (nSPS) is 16.8. The first-order valence-electron chi connectivity index (χ1n) is 6.51. The molecule has 1 saturated heterocycles. The van der Waals surface area contributed by atoms with Crippen molar-refractivity contribution in [1.82, 2.24) is 10.2 Å². The summed E-state index contributed by atoms with van der Waals surface area (Å²) in [7, 11) is 0. The van der Waals surface area contributed by atoms with Crippen molar-refractivity contribution in [2.24, 2.45) is 0 Å². The van der Waals surface area contributed by atoms with Crippen LogP contribution in [0.15, 0.2) is 18.2 Å². The Morgan fingerprint density at radius 1 is 1.38 bits per heavy atom. The molecule has 1 aromatic carbocycles. The summed E-state index contributed by atoms with van der Waals surface area (Å²) < 4.78 is 0. The van der Waals surface area contributed by atoms with Crippen molar-refractivity contribution >= 4 is 29.2 Å². The van der Waals surface area contributed by atoms with E-state index in [2.05, 4.69) is 10.6 Å². The third-order valence-electron chi connectivity index (χ3n) is 3.27. The van der Waals surface area contributed by atoms with Gasteiger partial charge in [0.15, 0.2) is 0 Å². The van der Waals surface area contributed by atoms with Gasteiger partial charge in [-0.25, -0.2) is 4.79 Å². The van der Waals surface area contributed by atoms with Crippen molar-refractivity contribution < 1.29 is 14.4 Å². The maximum Gasteiger partial charge on any atom is 0.325 e. The number of imide groups is 1. The zero-order chi connectivity index (χ0) is 15.8. The zero-order valence-electron chi connectivity index (χ0n) is 12.2. The third-order valence-corrected chi connectivity index (χ3v) is 3.27. The molecule has 0 radical (unpaired) electrons. The number of anilines is 2. The SMILES string of the molecule is Cc1cc(N)ccc1NC(=O)CN1C(=O)NC(C)(C)C1=O. The monoisotopic (exact) mass is 290 g/mol. The minimum absolute atomic E-state index is 0.322. The van der Waals surface area contributed by atoms with Gasteiger partial charge >= 0.3 is 6.03 Å². The van der Waals surface area contributed by atoms with Gasteiger partial charge in [-0.05, 0) is 44.5 Å². The number of urea groups is 1. The molecule has 4 N–H and O–H groups in total. The van der Waals surface area contributed by atoms with Crippen molar-refractivity contribution in [1.29, 1.82) is 0 Å². The smallest absolute Gasteiger partial charge is 0.325 e. The second-order valence-corrected chi connectivity index (χ2v) is 5.57. The average Bonchev–Trinajstić information content (AvgIpc) is 2.55. The van der Waals surface area contributed by atoms with E-state index in [0.717, 1.165) is 10.5 Å². The Morgan fingerprint density at radius 3 is 2.57 bits per heavy atom. The molecule has 2 rings (SSSR count). The highest BCUT2D eigenvalue weighted by atomic mass is 16.2. The van der Waals surface area contributed by atoms with Crippen LogP contribution in [0.5, 0.6) is 0 Å². The Hall–Kier alpha value is -2.57. The Kier molecular flexibility index (Phi) is 3.59. The van der Waals surface area contributed by atoms with Crippen LogP contribution in [0.25, 0.3) is 0 Å². The highest BCUT2D eigenvalue weighted by Gasteiger charge is 2.44. The fraction of sp³-hybridized carbons (Fsp3) is 0.357. The predicted molar refractivity (Wildman–Crippen MR) is 78.5 cm³/mol. The number of benzene rings is 1. The van der Waals surface area contributed by atoms with E-state index in [1.807, 2.05) is 6.92 Å². The van der Waals surface area contributed by atoms with Gasteiger partial charge in [0.1, 0.15) is 12.1 Å². The van der Waals surface area contributed by atoms with Gasteiger partial charge in [-0.3, -0.25) is 14.5 Å². The molecule has 21 heavy (non-hydrogen) atoms. The second kappa shape index (κ2) is 5.08. The van der Waals surface area contributed by atoms with E-state index in [-0.39, 0.29) is 6.54 Å². The van der Waals surface area contributed by atoms with Gasteiger partial charge in [0.25, 0.3) is 5.91 Å². The molecule has 1 aliphatic heterocycles. The lowest BCUT2D eigenvalue weighted by Crippen LogP contribution is -2.41. The molecule has 0 spiro atoms. The number of rotatable bonds is 3. The quantitative estimate of drug-likeness (QED) is 0.567. The fourth-order valence-corrected chi connectivity index (χ4v) is 2.12. The topological polar surface area (TPSA) is 105 Å². The molecular weight excluding hydrogens is 272 g/mol. The molecule has 1 fully saturated rings. The molecule has 0 aliphatic carbocycles. The zero-order valence-corrected chi connectivity index (χ0v) is 12.2. The molecule has 1 aromatic rings. The van der Waals surface area contributed by atoms with E-state index in [4.69, 9.17) is 5.73 Å². The summed E-state index contributed by atoms with van der Waals surface area (Å²) in [5.74, 6) is -0.860. The molecular formula is C14H18N4O3. The molecule has 1 heterocycles. The number of carbonyl (C=O) groups excluding carboxylic acids is 3. The first kappa shape index (κ1) is 14.8. The summed E-state index contributed by atoms with van der Waals surface area (Å²) in [6.07, 6.45) is 0. The average molecular weight is 290 g/mol. The Balaban J connectivity index is 2.06. The molecule has 4 amide bonds. The van der Waals surface area contributed by atoms with E-state index in [1.54, 1.807) is 32.0 Å². The van der Waals surface area contributed by atoms with Gasteiger partial charge in [-0.2, -0.15) is 0 Å². The van der Waals surface area contributed by atoms with Gasteiger partial charge in [0.2, 0.25) is 5.91 Å². The van der Waals surface area contributed by atoms with Crippen molar-refractivity contribution in [3.05, 3.63) is 23.8 Å². The third kappa shape index (κ3) is 2.96. The van der Waals surface area contributed by atoms with E-state index in [0.29, 0.717) is 11.4 Å². The Morgan fingerprint density at radius 2 is 2.05 bits per heavy atom. The minimum atomic E-state index is -0.978. The summed E-state index contributed by atoms with van der Waals surface area (Å²) >= 11 is 0. The number of nitrogen functional groups attached to an aromatic ring is 1. The van der Waals surface area contributed by atoms with Crippen molar-refractivity contribution in [2.45, 2.75) is 26.3 Å². The number of nitrogens with zero attached hydrogens (tertiary/aromatic N) is 1. The van der Waals surface area contributed by atoms with Crippen LogP contribution >= 0.6 is 0 Å². The van der Waals surface area contributed by atoms with Gasteiger partial charge in [0.05, 0.1) is 0 Å². The number of aryl methyl sites for hydroxylation is 1. The maximum absolute atomic E-state index is 12.0. The van der Waals surface area contributed by atoms with Gasteiger partial charge < -0.3 is 16.4 Å². The minimum Gasteiger partial charge on any atom is -0.399 e. The standard InChI is InChI=1S/C14H18N4O3/c1-8-6-9(15)4-5-10(8)16-11(19)7-18-12(20)14(2,3)17-13(18)21/h4-6H,7,15H2,1-3H3,(H,16,19)(H,17,21). The Labute approximate surface area is 122 Å². The van der Waals surface area contributed by atoms with Crippen LogP contribution < -0.4 is 16.4 Å². The summed E-state index contributed by atoms with van der Waals surface area (Å²) in [5, 5.41) is 5.19. The summed E-state index contributed by atoms with van der Waals surface area (Å²) in [4.78, 5) is 36.6.